The van der Waals surface area contributed by atoms with Crippen LogP contribution in [-0.4, -0.2) is 35.1 Å². The number of fused-ring (bicyclic) bond motifs is 2. The molecule has 6 rings (SSSR count). The third-order valence-corrected chi connectivity index (χ3v) is 4.92. The van der Waals surface area contributed by atoms with Gasteiger partial charge in [0, 0.05) is 41.5 Å². The SMILES string of the molecule is Fc1c(-c2cccnc2)cnc2[nH]nc(-c3nc4c(-c5ccoc5)nccc4[nH]3)c12. The summed E-state index contributed by atoms with van der Waals surface area (Å²) in [5, 5.41) is 7.32. The Morgan fingerprint density at radius 2 is 1.93 bits per heavy atom. The number of nitrogens with one attached hydrogen (secondary N) is 2. The van der Waals surface area contributed by atoms with Crippen molar-refractivity contribution in [2.45, 2.75) is 0 Å². The van der Waals surface area contributed by atoms with E-state index in [2.05, 4.69) is 35.1 Å². The first-order chi connectivity index (χ1) is 14.8. The van der Waals surface area contributed by atoms with Gasteiger partial charge >= 0.3 is 0 Å². The smallest absolute Gasteiger partial charge is 0.159 e. The maximum absolute atomic E-state index is 15.5. The first kappa shape index (κ1) is 16.5. The van der Waals surface area contributed by atoms with Gasteiger partial charge < -0.3 is 9.40 Å². The van der Waals surface area contributed by atoms with E-state index in [1.807, 2.05) is 6.07 Å². The third-order valence-electron chi connectivity index (χ3n) is 4.92. The third kappa shape index (κ3) is 2.42. The summed E-state index contributed by atoms with van der Waals surface area (Å²) in [5.41, 5.74) is 4.52. The highest BCUT2D eigenvalue weighted by Gasteiger charge is 2.21. The Hall–Kier alpha value is -4.40. The quantitative estimate of drug-likeness (QED) is 0.459. The molecular formula is C21H12FN7O. The summed E-state index contributed by atoms with van der Waals surface area (Å²) >= 11 is 0. The Morgan fingerprint density at radius 1 is 0.967 bits per heavy atom. The van der Waals surface area contributed by atoms with E-state index >= 15 is 4.39 Å². The minimum absolute atomic E-state index is 0.258. The van der Waals surface area contributed by atoms with Gasteiger partial charge in [-0.1, -0.05) is 6.07 Å². The summed E-state index contributed by atoms with van der Waals surface area (Å²) in [7, 11) is 0. The summed E-state index contributed by atoms with van der Waals surface area (Å²) in [4.78, 5) is 20.7. The Morgan fingerprint density at radius 3 is 2.77 bits per heavy atom. The van der Waals surface area contributed by atoms with Crippen LogP contribution < -0.4 is 0 Å². The Kier molecular flexibility index (Phi) is 3.48. The predicted molar refractivity (Wildman–Crippen MR) is 108 cm³/mol. The van der Waals surface area contributed by atoms with Crippen molar-refractivity contribution in [3.05, 3.63) is 67.4 Å². The average molecular weight is 397 g/mol. The van der Waals surface area contributed by atoms with Crippen LogP contribution in [0.5, 0.6) is 0 Å². The molecule has 0 saturated carbocycles. The van der Waals surface area contributed by atoms with Gasteiger partial charge in [-0.15, -0.1) is 0 Å². The van der Waals surface area contributed by atoms with Crippen LogP contribution in [-0.2, 0) is 0 Å². The molecule has 0 spiro atoms. The molecule has 6 aromatic heterocycles. The number of imidazole rings is 1. The molecule has 6 aromatic rings. The van der Waals surface area contributed by atoms with E-state index in [1.165, 1.54) is 6.20 Å². The number of aromatic amines is 2. The molecule has 0 fully saturated rings. The number of nitrogens with zero attached hydrogens (tertiary/aromatic N) is 5. The van der Waals surface area contributed by atoms with E-state index in [0.29, 0.717) is 39.5 Å². The van der Waals surface area contributed by atoms with E-state index in [1.54, 1.807) is 49.3 Å². The Bertz CT molecular complexity index is 1500. The Balaban J connectivity index is 1.57. The molecule has 0 aliphatic heterocycles. The van der Waals surface area contributed by atoms with E-state index in [9.17, 15) is 0 Å². The van der Waals surface area contributed by atoms with Crippen molar-refractivity contribution in [2.24, 2.45) is 0 Å². The summed E-state index contributed by atoms with van der Waals surface area (Å²) < 4.78 is 20.7. The maximum atomic E-state index is 15.5. The molecule has 0 bridgehead atoms. The molecule has 144 valence electrons. The van der Waals surface area contributed by atoms with Gasteiger partial charge in [0.15, 0.2) is 11.5 Å². The molecule has 0 radical (unpaired) electrons. The molecule has 0 atom stereocenters. The molecule has 0 amide bonds. The lowest BCUT2D eigenvalue weighted by atomic mass is 10.1. The molecule has 9 heteroatoms. The fourth-order valence-corrected chi connectivity index (χ4v) is 3.51. The van der Waals surface area contributed by atoms with Crippen LogP contribution in [0.4, 0.5) is 4.39 Å². The summed E-state index contributed by atoms with van der Waals surface area (Å²) in [6.45, 7) is 0. The highest BCUT2D eigenvalue weighted by molar-refractivity contribution is 5.96. The molecule has 0 aliphatic rings. The van der Waals surface area contributed by atoms with E-state index in [0.717, 1.165) is 11.1 Å². The molecule has 0 aliphatic carbocycles. The zero-order chi connectivity index (χ0) is 20.1. The number of aromatic nitrogens is 7. The molecule has 30 heavy (non-hydrogen) atoms. The molecule has 2 N–H and O–H groups in total. The zero-order valence-electron chi connectivity index (χ0n) is 15.3. The summed E-state index contributed by atoms with van der Waals surface area (Å²) in [5.74, 6) is -0.0246. The van der Waals surface area contributed by atoms with Gasteiger partial charge in [-0.25, -0.2) is 14.4 Å². The van der Waals surface area contributed by atoms with Crippen LogP contribution >= 0.6 is 0 Å². The highest BCUT2D eigenvalue weighted by Crippen LogP contribution is 2.33. The Labute approximate surface area is 167 Å². The van der Waals surface area contributed by atoms with Gasteiger partial charge in [-0.05, 0) is 18.2 Å². The van der Waals surface area contributed by atoms with Gasteiger partial charge in [0.25, 0.3) is 0 Å². The lowest BCUT2D eigenvalue weighted by Crippen LogP contribution is -1.91. The predicted octanol–water partition coefficient (Wildman–Crippen LogP) is 4.36. The lowest BCUT2D eigenvalue weighted by molar-refractivity contribution is 0.568. The minimum Gasteiger partial charge on any atom is -0.472 e. The molecular weight excluding hydrogens is 385 g/mol. The highest BCUT2D eigenvalue weighted by atomic mass is 19.1. The van der Waals surface area contributed by atoms with Crippen molar-refractivity contribution < 1.29 is 8.81 Å². The van der Waals surface area contributed by atoms with Gasteiger partial charge in [-0.2, -0.15) is 5.10 Å². The minimum atomic E-state index is -0.439. The molecule has 8 nitrogen and oxygen atoms in total. The second kappa shape index (κ2) is 6.31. The van der Waals surface area contributed by atoms with Crippen LogP contribution in [0.15, 0.2) is 66.0 Å². The second-order valence-electron chi connectivity index (χ2n) is 6.68. The van der Waals surface area contributed by atoms with Gasteiger partial charge in [-0.3, -0.25) is 15.1 Å². The van der Waals surface area contributed by atoms with Crippen LogP contribution in [0.1, 0.15) is 0 Å². The lowest BCUT2D eigenvalue weighted by Gasteiger charge is -2.03. The number of hydrogen-bond acceptors (Lipinski definition) is 6. The van der Waals surface area contributed by atoms with Crippen LogP contribution in [0, 0.1) is 5.82 Å². The second-order valence-corrected chi connectivity index (χ2v) is 6.68. The summed E-state index contributed by atoms with van der Waals surface area (Å²) in [6.07, 6.45) is 9.55. The van der Waals surface area contributed by atoms with Crippen molar-refractivity contribution in [3.63, 3.8) is 0 Å². The van der Waals surface area contributed by atoms with Gasteiger partial charge in [0.05, 0.1) is 23.4 Å². The van der Waals surface area contributed by atoms with Crippen LogP contribution in [0.2, 0.25) is 0 Å². The van der Waals surface area contributed by atoms with Gasteiger partial charge in [0.2, 0.25) is 0 Å². The fourth-order valence-electron chi connectivity index (χ4n) is 3.51. The normalized spacial score (nSPS) is 11.5. The number of halogens is 1. The molecule has 6 heterocycles. The number of furan rings is 1. The van der Waals surface area contributed by atoms with Gasteiger partial charge in [0.1, 0.15) is 22.7 Å². The number of H-pyrrole nitrogens is 2. The molecule has 0 saturated heterocycles. The molecule has 0 aromatic carbocycles. The topological polar surface area (TPSA) is 109 Å². The van der Waals surface area contributed by atoms with Crippen molar-refractivity contribution in [1.29, 1.82) is 0 Å². The standard InChI is InChI=1S/C21H12FN7O/c22-16-13(11-2-1-5-23-8-11)9-25-20-15(16)19(28-29-20)21-26-14-3-6-24-17(18(14)27-21)12-4-7-30-10-12/h1-10H,(H,26,27)(H,25,28,29). The fraction of sp³-hybridized carbons (Fsp3) is 0. The van der Waals surface area contributed by atoms with Crippen molar-refractivity contribution in [2.75, 3.05) is 0 Å². The van der Waals surface area contributed by atoms with E-state index in [-0.39, 0.29) is 5.39 Å². The van der Waals surface area contributed by atoms with Crippen LogP contribution in [0.25, 0.3) is 56.0 Å². The van der Waals surface area contributed by atoms with Crippen molar-refractivity contribution in [1.82, 2.24) is 35.1 Å². The van der Waals surface area contributed by atoms with Crippen molar-refractivity contribution >= 4 is 22.1 Å². The zero-order valence-corrected chi connectivity index (χ0v) is 15.3. The van der Waals surface area contributed by atoms with E-state index in [4.69, 9.17) is 4.42 Å². The van der Waals surface area contributed by atoms with Crippen molar-refractivity contribution in [3.8, 4) is 33.9 Å². The number of hydrogen-bond donors (Lipinski definition) is 2. The number of pyridine rings is 3. The monoisotopic (exact) mass is 397 g/mol. The summed E-state index contributed by atoms with van der Waals surface area (Å²) in [6, 6.07) is 7.14. The average Bonchev–Trinajstić information content (AvgIpc) is 3.53. The first-order valence-corrected chi connectivity index (χ1v) is 9.10. The first-order valence-electron chi connectivity index (χ1n) is 9.10. The maximum Gasteiger partial charge on any atom is 0.159 e. The molecule has 0 unspecified atom stereocenters. The van der Waals surface area contributed by atoms with E-state index < -0.39 is 5.82 Å². The van der Waals surface area contributed by atoms with Crippen LogP contribution in [0.3, 0.4) is 0 Å². The number of rotatable bonds is 3. The largest absolute Gasteiger partial charge is 0.472 e.